The van der Waals surface area contributed by atoms with E-state index >= 15 is 0 Å². The van der Waals surface area contributed by atoms with E-state index in [-0.39, 0.29) is 39.6 Å². The topological polar surface area (TPSA) is 114 Å². The molecule has 2 saturated heterocycles. The van der Waals surface area contributed by atoms with E-state index in [0.29, 0.717) is 24.3 Å². The number of carbonyl (C=O) groups is 3. The van der Waals surface area contributed by atoms with Gasteiger partial charge in [0.2, 0.25) is 0 Å². The molecule has 3 atom stereocenters. The molecule has 3 unspecified atom stereocenters. The molecule has 2 aliphatic heterocycles. The van der Waals surface area contributed by atoms with E-state index in [0.717, 1.165) is 31.6 Å². The van der Waals surface area contributed by atoms with Crippen molar-refractivity contribution in [1.29, 1.82) is 0 Å². The number of nitrogens with zero attached hydrogens (tertiary/aromatic N) is 1. The molecule has 10 heteroatoms. The third-order valence-electron chi connectivity index (χ3n) is 7.53. The first-order chi connectivity index (χ1) is 18.7. The maximum atomic E-state index is 13.5. The molecule has 39 heavy (non-hydrogen) atoms. The van der Waals surface area contributed by atoms with Gasteiger partial charge in [-0.05, 0) is 50.9 Å². The third kappa shape index (κ3) is 5.99. The molecule has 210 valence electrons. The molecule has 0 aliphatic carbocycles. The first-order valence-corrected chi connectivity index (χ1v) is 13.5. The lowest BCUT2D eigenvalue weighted by atomic mass is 9.85. The van der Waals surface area contributed by atoms with Crippen LogP contribution in [0.5, 0.6) is 17.2 Å². The minimum atomic E-state index is -0.603. The lowest BCUT2D eigenvalue weighted by Crippen LogP contribution is -2.39. The third-order valence-corrected chi connectivity index (χ3v) is 7.84. The summed E-state index contributed by atoms with van der Waals surface area (Å²) < 4.78 is 16.4. The number of halogens is 1. The number of phenols is 1. The Labute approximate surface area is 233 Å². The number of nitrogens with one attached hydrogen (secondary N) is 1. The highest BCUT2D eigenvalue weighted by atomic mass is 35.5. The van der Waals surface area contributed by atoms with Crippen molar-refractivity contribution in [3.05, 3.63) is 46.0 Å². The summed E-state index contributed by atoms with van der Waals surface area (Å²) in [5, 5.41) is 15.1. The quantitative estimate of drug-likeness (QED) is 0.247. The Morgan fingerprint density at radius 2 is 1.79 bits per heavy atom. The van der Waals surface area contributed by atoms with Crippen LogP contribution in [0.15, 0.2) is 24.3 Å². The zero-order chi connectivity index (χ0) is 28.3. The van der Waals surface area contributed by atoms with E-state index in [1.54, 1.807) is 19.1 Å². The van der Waals surface area contributed by atoms with Crippen LogP contribution in [0.25, 0.3) is 0 Å². The van der Waals surface area contributed by atoms with E-state index in [9.17, 15) is 19.5 Å². The van der Waals surface area contributed by atoms with Gasteiger partial charge in [-0.25, -0.2) is 0 Å². The molecule has 2 aliphatic rings. The van der Waals surface area contributed by atoms with Crippen molar-refractivity contribution in [3.8, 4) is 17.2 Å². The number of ether oxygens (including phenoxy) is 3. The van der Waals surface area contributed by atoms with Crippen LogP contribution in [0.4, 0.5) is 5.69 Å². The van der Waals surface area contributed by atoms with Crippen LogP contribution >= 0.6 is 11.6 Å². The number of hydrogen-bond donors (Lipinski definition) is 2. The van der Waals surface area contributed by atoms with Crippen LogP contribution in [0.2, 0.25) is 5.02 Å². The lowest BCUT2D eigenvalue weighted by molar-refractivity contribution is -0.146. The SMILES string of the molecule is COc1cc(OC)c(C2CCNC2C(C)OC(C)=O)c(O)c1C(=O)CC(=O)c1ccc(N2CCCC2)cc1Cl. The van der Waals surface area contributed by atoms with Gasteiger partial charge < -0.3 is 29.5 Å². The molecule has 9 nitrogen and oxygen atoms in total. The minimum absolute atomic E-state index is 0.0944. The number of rotatable bonds is 10. The number of esters is 1. The first-order valence-electron chi connectivity index (χ1n) is 13.2. The summed E-state index contributed by atoms with van der Waals surface area (Å²) in [4.78, 5) is 40.5. The molecule has 0 bridgehead atoms. The Bertz CT molecular complexity index is 1260. The Hall–Kier alpha value is -3.30. The molecule has 2 aromatic rings. The Morgan fingerprint density at radius 3 is 2.41 bits per heavy atom. The van der Waals surface area contributed by atoms with Gasteiger partial charge in [0.15, 0.2) is 11.6 Å². The summed E-state index contributed by atoms with van der Waals surface area (Å²) in [6, 6.07) is 6.46. The summed E-state index contributed by atoms with van der Waals surface area (Å²) >= 11 is 6.46. The van der Waals surface area contributed by atoms with Gasteiger partial charge in [0.1, 0.15) is 28.9 Å². The largest absolute Gasteiger partial charge is 0.507 e. The fraction of sp³-hybridized carbons (Fsp3) is 0.483. The average molecular weight is 559 g/mol. The Balaban J connectivity index is 1.64. The van der Waals surface area contributed by atoms with Crippen LogP contribution in [-0.4, -0.2) is 68.6 Å². The highest BCUT2D eigenvalue weighted by Gasteiger charge is 2.39. The highest BCUT2D eigenvalue weighted by Crippen LogP contribution is 2.47. The normalized spacial score (nSPS) is 19.6. The number of benzene rings is 2. The van der Waals surface area contributed by atoms with Gasteiger partial charge in [-0.1, -0.05) is 11.6 Å². The highest BCUT2D eigenvalue weighted by molar-refractivity contribution is 6.35. The van der Waals surface area contributed by atoms with Crippen molar-refractivity contribution in [2.75, 3.05) is 38.8 Å². The van der Waals surface area contributed by atoms with E-state index in [1.165, 1.54) is 27.2 Å². The summed E-state index contributed by atoms with van der Waals surface area (Å²) in [5.74, 6) is -1.68. The summed E-state index contributed by atoms with van der Waals surface area (Å²) in [6.45, 7) is 5.61. The number of carbonyl (C=O) groups excluding carboxylic acids is 3. The van der Waals surface area contributed by atoms with E-state index in [1.807, 2.05) is 6.07 Å². The molecule has 2 aromatic carbocycles. The second-order valence-corrected chi connectivity index (χ2v) is 10.4. The van der Waals surface area contributed by atoms with Crippen LogP contribution in [0, 0.1) is 0 Å². The van der Waals surface area contributed by atoms with Crippen molar-refractivity contribution in [2.45, 2.75) is 57.6 Å². The van der Waals surface area contributed by atoms with Gasteiger partial charge in [-0.3, -0.25) is 14.4 Å². The van der Waals surface area contributed by atoms with Crippen LogP contribution in [0.1, 0.15) is 71.7 Å². The van der Waals surface area contributed by atoms with Crippen molar-refractivity contribution in [2.24, 2.45) is 0 Å². The van der Waals surface area contributed by atoms with E-state index in [4.69, 9.17) is 25.8 Å². The molecule has 0 spiro atoms. The molecule has 2 fully saturated rings. The van der Waals surface area contributed by atoms with Gasteiger partial charge >= 0.3 is 5.97 Å². The monoisotopic (exact) mass is 558 g/mol. The van der Waals surface area contributed by atoms with Crippen molar-refractivity contribution >= 4 is 34.8 Å². The van der Waals surface area contributed by atoms with Crippen LogP contribution < -0.4 is 19.7 Å². The number of phenolic OH excluding ortho intramolecular Hbond substituents is 1. The molecule has 0 aromatic heterocycles. The van der Waals surface area contributed by atoms with E-state index in [2.05, 4.69) is 10.2 Å². The number of methoxy groups -OCH3 is 2. The van der Waals surface area contributed by atoms with Crippen LogP contribution in [0.3, 0.4) is 0 Å². The van der Waals surface area contributed by atoms with Crippen molar-refractivity contribution < 1.29 is 33.7 Å². The van der Waals surface area contributed by atoms with Crippen LogP contribution in [-0.2, 0) is 9.53 Å². The predicted octanol–water partition coefficient (Wildman–Crippen LogP) is 4.52. The average Bonchev–Trinajstić information content (AvgIpc) is 3.60. The summed E-state index contributed by atoms with van der Waals surface area (Å²) in [7, 11) is 2.84. The molecule has 0 amide bonds. The molecular formula is C29H35ClN2O7. The van der Waals surface area contributed by atoms with Gasteiger partial charge in [-0.15, -0.1) is 0 Å². The molecule has 4 rings (SSSR count). The zero-order valence-electron chi connectivity index (χ0n) is 22.7. The maximum Gasteiger partial charge on any atom is 0.302 e. The number of Topliss-reactive ketones (excluding diaryl/α,β-unsaturated/α-hetero) is 2. The first kappa shape index (κ1) is 28.7. The molecule has 2 heterocycles. The number of anilines is 1. The van der Waals surface area contributed by atoms with Gasteiger partial charge in [0, 0.05) is 48.8 Å². The van der Waals surface area contributed by atoms with Gasteiger partial charge in [0.05, 0.1) is 31.7 Å². The maximum absolute atomic E-state index is 13.5. The summed E-state index contributed by atoms with van der Waals surface area (Å²) in [5.41, 5.74) is 1.49. The molecule has 0 radical (unpaired) electrons. The number of aromatic hydroxyl groups is 1. The Kier molecular flexibility index (Phi) is 9.02. The Morgan fingerprint density at radius 1 is 1.10 bits per heavy atom. The smallest absolute Gasteiger partial charge is 0.302 e. The zero-order valence-corrected chi connectivity index (χ0v) is 23.5. The van der Waals surface area contributed by atoms with Gasteiger partial charge in [-0.2, -0.15) is 0 Å². The van der Waals surface area contributed by atoms with Crippen molar-refractivity contribution in [3.63, 3.8) is 0 Å². The number of hydrogen-bond acceptors (Lipinski definition) is 9. The second-order valence-electron chi connectivity index (χ2n) is 9.99. The molecule has 2 N–H and O–H groups in total. The molecular weight excluding hydrogens is 524 g/mol. The standard InChI is InChI=1S/C29H35ClN2O7/c1-16(39-17(2)33)28-20(9-10-31-28)26-24(37-3)15-25(38-4)27(29(26)36)23(35)14-22(34)19-8-7-18(13-21(19)30)32-11-5-6-12-32/h7-8,13,15-16,20,28,31,36H,5-6,9-12,14H2,1-4H3. The second kappa shape index (κ2) is 12.3. The summed E-state index contributed by atoms with van der Waals surface area (Å²) in [6.07, 6.45) is 1.84. The van der Waals surface area contributed by atoms with E-state index < -0.39 is 30.1 Å². The fourth-order valence-electron chi connectivity index (χ4n) is 5.71. The fourth-order valence-corrected chi connectivity index (χ4v) is 5.99. The van der Waals surface area contributed by atoms with Crippen molar-refractivity contribution in [1.82, 2.24) is 5.32 Å². The lowest BCUT2D eigenvalue weighted by Gasteiger charge is -2.28. The number of ketones is 2. The predicted molar refractivity (Wildman–Crippen MR) is 148 cm³/mol. The molecule has 0 saturated carbocycles. The van der Waals surface area contributed by atoms with Gasteiger partial charge in [0.25, 0.3) is 0 Å². The minimum Gasteiger partial charge on any atom is -0.507 e.